The maximum atomic E-state index is 14.0. The van der Waals surface area contributed by atoms with E-state index in [4.69, 9.17) is 23.2 Å². The lowest BCUT2D eigenvalue weighted by molar-refractivity contribution is 0.102. The number of aromatic nitrogens is 1. The molecular formula is C31H31Cl2FN2O. The lowest BCUT2D eigenvalue weighted by Gasteiger charge is -2.41. The van der Waals surface area contributed by atoms with Gasteiger partial charge in [-0.05, 0) is 118 Å². The van der Waals surface area contributed by atoms with Crippen molar-refractivity contribution in [3.8, 4) is 16.8 Å². The molecule has 4 aromatic rings. The van der Waals surface area contributed by atoms with Crippen LogP contribution in [0.2, 0.25) is 10.0 Å². The van der Waals surface area contributed by atoms with Crippen LogP contribution in [-0.2, 0) is 0 Å². The topological polar surface area (TPSA) is 25.2 Å². The molecule has 37 heavy (non-hydrogen) atoms. The summed E-state index contributed by atoms with van der Waals surface area (Å²) in [5.74, 6) is 0.0731. The second-order valence-corrected chi connectivity index (χ2v) is 11.8. The van der Waals surface area contributed by atoms with Crippen LogP contribution in [-0.4, -0.2) is 28.1 Å². The van der Waals surface area contributed by atoms with Gasteiger partial charge in [0.1, 0.15) is 5.82 Å². The van der Waals surface area contributed by atoms with Crippen molar-refractivity contribution < 1.29 is 4.39 Å². The first kappa shape index (κ1) is 26.0. The molecule has 0 bridgehead atoms. The van der Waals surface area contributed by atoms with Crippen molar-refractivity contribution in [3.05, 3.63) is 98.0 Å². The van der Waals surface area contributed by atoms with E-state index in [9.17, 15) is 9.18 Å². The Morgan fingerprint density at radius 3 is 2.19 bits per heavy atom. The Bertz CT molecular complexity index is 1530. The summed E-state index contributed by atoms with van der Waals surface area (Å²) in [4.78, 5) is 15.9. The fraction of sp³-hybridized carbons (Fsp3) is 0.323. The third-order valence-corrected chi connectivity index (χ3v) is 8.20. The lowest BCUT2D eigenvalue weighted by Crippen LogP contribution is -2.45. The van der Waals surface area contributed by atoms with Gasteiger partial charge in [-0.1, -0.05) is 41.4 Å². The largest absolute Gasteiger partial charge is 0.298 e. The van der Waals surface area contributed by atoms with Crippen LogP contribution in [0.5, 0.6) is 0 Å². The van der Waals surface area contributed by atoms with Crippen LogP contribution in [0.25, 0.3) is 27.7 Å². The molecule has 1 saturated heterocycles. The minimum Gasteiger partial charge on any atom is -0.298 e. The van der Waals surface area contributed by atoms with E-state index in [0.29, 0.717) is 21.7 Å². The highest BCUT2D eigenvalue weighted by Gasteiger charge is 2.28. The van der Waals surface area contributed by atoms with E-state index in [1.807, 2.05) is 19.1 Å². The van der Waals surface area contributed by atoms with Gasteiger partial charge in [0.15, 0.2) is 0 Å². The fourth-order valence-electron chi connectivity index (χ4n) is 5.57. The summed E-state index contributed by atoms with van der Waals surface area (Å²) in [5.41, 5.74) is 5.07. The number of benzene rings is 3. The standard InChI is InChI=1S/C31H31Cl2FN2O/c1-19-16-22(34)8-9-23(19)25-17-21(20-12-14-35(15-13-20)31(2,3)4)18-28-24(25)10-11-29(37)36(28)30-26(32)6-5-7-27(30)33/h5-11,16-18,20H,12-15H2,1-4H3. The monoisotopic (exact) mass is 536 g/mol. The van der Waals surface area contributed by atoms with E-state index in [2.05, 4.69) is 37.8 Å². The van der Waals surface area contributed by atoms with E-state index in [-0.39, 0.29) is 16.9 Å². The number of piperidine rings is 1. The molecule has 0 spiro atoms. The van der Waals surface area contributed by atoms with Gasteiger partial charge in [0.2, 0.25) is 0 Å². The highest BCUT2D eigenvalue weighted by atomic mass is 35.5. The Hall–Kier alpha value is -2.66. The lowest BCUT2D eigenvalue weighted by atomic mass is 9.84. The van der Waals surface area contributed by atoms with Crippen LogP contribution in [0.1, 0.15) is 50.7 Å². The van der Waals surface area contributed by atoms with E-state index in [1.54, 1.807) is 34.9 Å². The second kappa shape index (κ2) is 9.90. The van der Waals surface area contributed by atoms with Crippen LogP contribution in [0.3, 0.4) is 0 Å². The Morgan fingerprint density at radius 1 is 0.892 bits per heavy atom. The van der Waals surface area contributed by atoms with Gasteiger partial charge in [0.25, 0.3) is 5.56 Å². The first-order chi connectivity index (χ1) is 17.5. The van der Waals surface area contributed by atoms with Crippen molar-refractivity contribution in [2.75, 3.05) is 13.1 Å². The molecule has 0 unspecified atom stereocenters. The number of fused-ring (bicyclic) bond motifs is 1. The van der Waals surface area contributed by atoms with Crippen molar-refractivity contribution >= 4 is 34.1 Å². The number of hydrogen-bond donors (Lipinski definition) is 0. The SMILES string of the molecule is Cc1cc(F)ccc1-c1cc(C2CCN(C(C)(C)C)CC2)cc2c1ccc(=O)n2-c1c(Cl)cccc1Cl. The molecule has 0 N–H and O–H groups in total. The van der Waals surface area contributed by atoms with Crippen molar-refractivity contribution in [2.45, 2.75) is 52.0 Å². The average molecular weight is 538 g/mol. The van der Waals surface area contributed by atoms with Gasteiger partial charge < -0.3 is 0 Å². The summed E-state index contributed by atoms with van der Waals surface area (Å²) in [6.07, 6.45) is 2.04. The quantitative estimate of drug-likeness (QED) is 0.262. The molecule has 2 heterocycles. The summed E-state index contributed by atoms with van der Waals surface area (Å²) in [6.45, 7) is 10.7. The van der Waals surface area contributed by atoms with Crippen LogP contribution >= 0.6 is 23.2 Å². The first-order valence-corrected chi connectivity index (χ1v) is 13.5. The molecule has 5 rings (SSSR count). The molecule has 3 nitrogen and oxygen atoms in total. The molecule has 3 aromatic carbocycles. The Balaban J connectivity index is 1.77. The molecule has 1 aliphatic rings. The van der Waals surface area contributed by atoms with Gasteiger partial charge in [-0.2, -0.15) is 0 Å². The summed E-state index contributed by atoms with van der Waals surface area (Å²) < 4.78 is 15.6. The average Bonchev–Trinajstić information content (AvgIpc) is 2.84. The fourth-order valence-corrected chi connectivity index (χ4v) is 6.14. The van der Waals surface area contributed by atoms with Gasteiger partial charge in [-0.3, -0.25) is 14.3 Å². The molecule has 1 fully saturated rings. The Labute approximate surface area is 227 Å². The summed E-state index contributed by atoms with van der Waals surface area (Å²) >= 11 is 13.2. The molecule has 6 heteroatoms. The van der Waals surface area contributed by atoms with Gasteiger partial charge >= 0.3 is 0 Å². The molecule has 1 aliphatic heterocycles. The van der Waals surface area contributed by atoms with Crippen molar-refractivity contribution in [1.82, 2.24) is 9.47 Å². The summed E-state index contributed by atoms with van der Waals surface area (Å²) in [7, 11) is 0. The summed E-state index contributed by atoms with van der Waals surface area (Å²) in [5, 5.41) is 1.71. The minimum atomic E-state index is -0.268. The number of pyridine rings is 1. The number of aryl methyl sites for hydroxylation is 1. The molecule has 1 aromatic heterocycles. The number of rotatable bonds is 3. The maximum absolute atomic E-state index is 14.0. The van der Waals surface area contributed by atoms with Crippen LogP contribution in [0.4, 0.5) is 4.39 Å². The van der Waals surface area contributed by atoms with Crippen LogP contribution < -0.4 is 5.56 Å². The second-order valence-electron chi connectivity index (χ2n) is 11.0. The maximum Gasteiger partial charge on any atom is 0.255 e. The summed E-state index contributed by atoms with van der Waals surface area (Å²) in [6, 6.07) is 17.9. The number of likely N-dealkylation sites (tertiary alicyclic amines) is 1. The van der Waals surface area contributed by atoms with E-state index >= 15 is 0 Å². The van der Waals surface area contributed by atoms with Gasteiger partial charge in [0.05, 0.1) is 21.2 Å². The van der Waals surface area contributed by atoms with E-state index in [0.717, 1.165) is 53.5 Å². The molecule has 0 saturated carbocycles. The zero-order valence-corrected chi connectivity index (χ0v) is 23.1. The predicted molar refractivity (Wildman–Crippen MR) is 153 cm³/mol. The Morgan fingerprint density at radius 2 is 1.57 bits per heavy atom. The zero-order chi connectivity index (χ0) is 26.5. The van der Waals surface area contributed by atoms with Crippen molar-refractivity contribution in [1.29, 1.82) is 0 Å². The molecule has 0 atom stereocenters. The van der Waals surface area contributed by atoms with Crippen molar-refractivity contribution in [3.63, 3.8) is 0 Å². The third-order valence-electron chi connectivity index (χ3n) is 7.59. The molecule has 0 radical (unpaired) electrons. The van der Waals surface area contributed by atoms with Crippen molar-refractivity contribution in [2.24, 2.45) is 0 Å². The van der Waals surface area contributed by atoms with E-state index in [1.165, 1.54) is 11.6 Å². The van der Waals surface area contributed by atoms with Crippen LogP contribution in [0.15, 0.2) is 65.5 Å². The zero-order valence-electron chi connectivity index (χ0n) is 21.6. The highest BCUT2D eigenvalue weighted by Crippen LogP contribution is 2.39. The normalized spacial score (nSPS) is 15.4. The van der Waals surface area contributed by atoms with Gasteiger partial charge in [-0.15, -0.1) is 0 Å². The smallest absolute Gasteiger partial charge is 0.255 e. The molecule has 0 amide bonds. The molecule has 192 valence electrons. The van der Waals surface area contributed by atoms with Gasteiger partial charge in [-0.25, -0.2) is 4.39 Å². The predicted octanol–water partition coefficient (Wildman–Crippen LogP) is 8.39. The van der Waals surface area contributed by atoms with Gasteiger partial charge in [0, 0.05) is 17.0 Å². The number of hydrogen-bond acceptors (Lipinski definition) is 2. The molecule has 0 aliphatic carbocycles. The first-order valence-electron chi connectivity index (χ1n) is 12.7. The highest BCUT2D eigenvalue weighted by molar-refractivity contribution is 6.37. The van der Waals surface area contributed by atoms with E-state index < -0.39 is 0 Å². The number of nitrogens with zero attached hydrogens (tertiary/aromatic N) is 2. The number of para-hydroxylation sites is 1. The molecular weight excluding hydrogens is 506 g/mol. The third kappa shape index (κ3) is 4.95. The van der Waals surface area contributed by atoms with Crippen LogP contribution in [0, 0.1) is 12.7 Å². The number of halogens is 3. The minimum absolute atomic E-state index is 0.131. The Kier molecular flexibility index (Phi) is 6.95.